The Morgan fingerprint density at radius 3 is 2.03 bits per heavy atom. The minimum absolute atomic E-state index is 0.0424. The maximum Gasteiger partial charge on any atom is 0.335 e. The second-order valence-electron chi connectivity index (χ2n) is 25.6. The predicted molar refractivity (Wildman–Crippen MR) is 251 cm³/mol. The molecule has 74 heavy (non-hydrogen) atoms. The maximum atomic E-state index is 14.8. The summed E-state index contributed by atoms with van der Waals surface area (Å²) in [7, 11) is 0. The minimum atomic E-state index is -2.15. The summed E-state index contributed by atoms with van der Waals surface area (Å²) in [6, 6.07) is 0. The number of esters is 1. The van der Waals surface area contributed by atoms with Crippen molar-refractivity contribution in [1.82, 2.24) is 0 Å². The van der Waals surface area contributed by atoms with Crippen LogP contribution in [0.2, 0.25) is 0 Å². The van der Waals surface area contributed by atoms with Crippen LogP contribution >= 0.6 is 0 Å². The average molecular weight is 1060 g/mol. The van der Waals surface area contributed by atoms with Crippen LogP contribution in [-0.4, -0.2) is 210 Å². The number of ether oxygens (including phenoxy) is 8. The number of carboxylic acids is 1. The van der Waals surface area contributed by atoms with Crippen molar-refractivity contribution in [2.75, 3.05) is 26.4 Å². The fraction of sp³-hybridized carbons (Fsp3) is 0.923. The molecule has 9 rings (SSSR count). The van der Waals surface area contributed by atoms with Gasteiger partial charge in [0.2, 0.25) is 6.29 Å². The van der Waals surface area contributed by atoms with Crippen LogP contribution in [0.15, 0.2) is 11.6 Å². The number of aliphatic hydroxyl groups is 11. The lowest BCUT2D eigenvalue weighted by Gasteiger charge is -2.71. The molecule has 5 aliphatic carbocycles. The Labute approximate surface area is 430 Å². The first-order valence-corrected chi connectivity index (χ1v) is 26.6. The molecule has 4 saturated carbocycles. The topological polar surface area (TPSA) is 351 Å². The first-order chi connectivity index (χ1) is 34.5. The second-order valence-corrected chi connectivity index (χ2v) is 25.6. The fourth-order valence-electron chi connectivity index (χ4n) is 15.9. The van der Waals surface area contributed by atoms with Gasteiger partial charge in [0, 0.05) is 0 Å². The molecule has 4 saturated heterocycles. The van der Waals surface area contributed by atoms with Gasteiger partial charge < -0.3 is 99.2 Å². The summed E-state index contributed by atoms with van der Waals surface area (Å²) in [5.74, 6) is -2.08. The zero-order valence-corrected chi connectivity index (χ0v) is 43.5. The van der Waals surface area contributed by atoms with Crippen LogP contribution in [-0.2, 0) is 47.5 Å². The van der Waals surface area contributed by atoms with Gasteiger partial charge in [-0.2, -0.15) is 0 Å². The Morgan fingerprint density at radius 1 is 0.689 bits per heavy atom. The van der Waals surface area contributed by atoms with Crippen molar-refractivity contribution in [3.63, 3.8) is 0 Å². The van der Waals surface area contributed by atoms with E-state index in [-0.39, 0.29) is 39.4 Å². The Hall–Kier alpha value is -2.04. The summed E-state index contributed by atoms with van der Waals surface area (Å²) >= 11 is 0. The first-order valence-electron chi connectivity index (χ1n) is 26.6. The van der Waals surface area contributed by atoms with E-state index < -0.39 is 159 Å². The summed E-state index contributed by atoms with van der Waals surface area (Å²) in [6.07, 6.45) is -18.7. The molecule has 22 heteroatoms. The summed E-state index contributed by atoms with van der Waals surface area (Å²) in [5.41, 5.74) is -3.41. The standard InChI is InChI=1S/C52H82O22/c1-46(2)14-16-51(45(65)74-42-34(60)32(58)31(57)26(19-53)69-42)17-15-49(6)23(24(51)18-46)8-9-28-48(5)12-11-29(47(3,4)27(48)10-13-50(28,49)7)70-43-37(72-41-33(59)30(56)25(55)20-67-41)35(61)36(38(73-43)40(63)64)71-44-39(62)52(66,21-54)22-68-44/h8,24-39,41-44,53-62,66H,9-22H2,1-7H3,(H,63,64). The van der Waals surface area contributed by atoms with Gasteiger partial charge in [-0.1, -0.05) is 60.1 Å². The summed E-state index contributed by atoms with van der Waals surface area (Å²) in [4.78, 5) is 27.7. The highest BCUT2D eigenvalue weighted by Gasteiger charge is 2.70. The van der Waals surface area contributed by atoms with E-state index in [9.17, 15) is 70.9 Å². The quantitative estimate of drug-likeness (QED) is 0.0694. The van der Waals surface area contributed by atoms with Crippen molar-refractivity contribution in [2.45, 2.75) is 223 Å². The highest BCUT2D eigenvalue weighted by molar-refractivity contribution is 5.79. The van der Waals surface area contributed by atoms with Crippen molar-refractivity contribution in [3.8, 4) is 0 Å². The van der Waals surface area contributed by atoms with E-state index >= 15 is 0 Å². The SMILES string of the molecule is CC1(C)CCC2(C(=O)OC3OC(CO)C(O)C(O)C3O)CCC3(C)C(=CCC4C5(C)CCC(OC6OC(C(=O)O)C(OC7OCC(O)(CO)C7O)C(O)C6OC6OCC(O)C(O)C6O)C(C)(C)C5CCC43C)C2C1. The second kappa shape index (κ2) is 19.9. The molecule has 0 spiro atoms. The number of carbonyl (C=O) groups excluding carboxylic acids is 1. The molecule has 0 aromatic carbocycles. The van der Waals surface area contributed by atoms with Crippen LogP contribution in [0.4, 0.5) is 0 Å². The van der Waals surface area contributed by atoms with Gasteiger partial charge in [-0.05, 0) is 109 Å². The van der Waals surface area contributed by atoms with Gasteiger partial charge in [-0.15, -0.1) is 0 Å². The number of carbonyl (C=O) groups is 2. The number of aliphatic carboxylic acids is 1. The van der Waals surface area contributed by atoms with Crippen LogP contribution < -0.4 is 0 Å². The van der Waals surface area contributed by atoms with Gasteiger partial charge in [0.05, 0.1) is 37.9 Å². The van der Waals surface area contributed by atoms with Crippen LogP contribution in [0.3, 0.4) is 0 Å². The molecule has 22 nitrogen and oxygen atoms in total. The smallest absolute Gasteiger partial charge is 0.335 e. The van der Waals surface area contributed by atoms with Gasteiger partial charge in [-0.25, -0.2) is 4.79 Å². The number of hydrogen-bond donors (Lipinski definition) is 12. The number of allylic oxidation sites excluding steroid dienone is 2. The molecule has 9 aliphatic rings. The van der Waals surface area contributed by atoms with Crippen LogP contribution in [0, 0.1) is 50.2 Å². The lowest BCUT2D eigenvalue weighted by Crippen LogP contribution is -2.67. The lowest BCUT2D eigenvalue weighted by molar-refractivity contribution is -0.375. The van der Waals surface area contributed by atoms with Crippen LogP contribution in [0.25, 0.3) is 0 Å². The Bertz CT molecular complexity index is 2110. The van der Waals surface area contributed by atoms with Crippen molar-refractivity contribution in [3.05, 3.63) is 11.6 Å². The third-order valence-corrected chi connectivity index (χ3v) is 20.7. The van der Waals surface area contributed by atoms with Gasteiger partial charge in [0.25, 0.3) is 0 Å². The number of fused-ring (bicyclic) bond motifs is 7. The van der Waals surface area contributed by atoms with Gasteiger partial charge in [-0.3, -0.25) is 4.79 Å². The summed E-state index contributed by atoms with van der Waals surface area (Å²) in [5, 5.41) is 127. The molecule has 0 aromatic rings. The highest BCUT2D eigenvalue weighted by Crippen LogP contribution is 2.76. The van der Waals surface area contributed by atoms with Crippen molar-refractivity contribution in [1.29, 1.82) is 0 Å². The number of rotatable bonds is 11. The molecule has 422 valence electrons. The van der Waals surface area contributed by atoms with E-state index in [1.165, 1.54) is 5.57 Å². The van der Waals surface area contributed by atoms with E-state index in [4.69, 9.17) is 37.9 Å². The van der Waals surface area contributed by atoms with E-state index in [1.54, 1.807) is 0 Å². The third kappa shape index (κ3) is 8.94. The third-order valence-electron chi connectivity index (χ3n) is 20.7. The molecule has 0 radical (unpaired) electrons. The van der Waals surface area contributed by atoms with E-state index in [0.29, 0.717) is 32.1 Å². The molecule has 8 fully saturated rings. The Balaban J connectivity index is 0.975. The van der Waals surface area contributed by atoms with E-state index in [0.717, 1.165) is 32.1 Å². The van der Waals surface area contributed by atoms with Gasteiger partial charge in [0.15, 0.2) is 25.0 Å². The lowest BCUT2D eigenvalue weighted by atomic mass is 9.33. The normalized spacial score (nSPS) is 52.9. The molecule has 0 aromatic heterocycles. The Morgan fingerprint density at radius 2 is 1.36 bits per heavy atom. The minimum Gasteiger partial charge on any atom is -0.479 e. The van der Waals surface area contributed by atoms with Crippen LogP contribution in [0.1, 0.15) is 113 Å². The first kappa shape index (κ1) is 56.7. The predicted octanol–water partition coefficient (Wildman–Crippen LogP) is -0.663. The molecular weight excluding hydrogens is 977 g/mol. The average Bonchev–Trinajstić information content (AvgIpc) is 3.63. The van der Waals surface area contributed by atoms with Gasteiger partial charge >= 0.3 is 11.9 Å². The molecule has 25 unspecified atom stereocenters. The number of hydrogen-bond acceptors (Lipinski definition) is 21. The van der Waals surface area contributed by atoms with E-state index in [2.05, 4.69) is 54.5 Å². The van der Waals surface area contributed by atoms with Crippen molar-refractivity contribution >= 4 is 11.9 Å². The summed E-state index contributed by atoms with van der Waals surface area (Å²) < 4.78 is 47.5. The zero-order valence-electron chi connectivity index (χ0n) is 43.5. The molecule has 12 N–H and O–H groups in total. The zero-order chi connectivity index (χ0) is 54.0. The largest absolute Gasteiger partial charge is 0.479 e. The molecule has 25 atom stereocenters. The maximum absolute atomic E-state index is 14.8. The van der Waals surface area contributed by atoms with E-state index in [1.807, 2.05) is 0 Å². The molecule has 4 heterocycles. The van der Waals surface area contributed by atoms with Crippen molar-refractivity contribution in [2.24, 2.45) is 50.2 Å². The van der Waals surface area contributed by atoms with Crippen molar-refractivity contribution < 1.29 is 109 Å². The highest BCUT2D eigenvalue weighted by atomic mass is 16.8. The Kier molecular flexibility index (Phi) is 15.3. The van der Waals surface area contributed by atoms with Gasteiger partial charge in [0.1, 0.15) is 72.7 Å². The molecular formula is C52H82O22. The molecule has 0 bridgehead atoms. The van der Waals surface area contributed by atoms with Crippen LogP contribution in [0.5, 0.6) is 0 Å². The summed E-state index contributed by atoms with van der Waals surface area (Å²) in [6.45, 7) is 13.1. The number of carboxylic acid groups (broad SMARTS) is 1. The molecule has 0 amide bonds. The monoisotopic (exact) mass is 1060 g/mol. The molecule has 4 aliphatic heterocycles. The number of aliphatic hydroxyl groups excluding tert-OH is 10. The fourth-order valence-corrected chi connectivity index (χ4v) is 15.9.